The minimum Gasteiger partial charge on any atom is -0.381 e. The quantitative estimate of drug-likeness (QED) is 0.686. The van der Waals surface area contributed by atoms with Crippen LogP contribution >= 0.6 is 0 Å². The van der Waals surface area contributed by atoms with Gasteiger partial charge >= 0.3 is 6.03 Å². The van der Waals surface area contributed by atoms with Gasteiger partial charge in [-0.3, -0.25) is 0 Å². The Morgan fingerprint density at radius 2 is 1.95 bits per heavy atom. The molecule has 0 unspecified atom stereocenters. The Labute approximate surface area is 126 Å². The van der Waals surface area contributed by atoms with Gasteiger partial charge in [-0.1, -0.05) is 25.5 Å². The molecule has 1 rings (SSSR count). The van der Waals surface area contributed by atoms with Gasteiger partial charge in [0.25, 0.3) is 0 Å². The normalized spacial score (nSPS) is 9.90. The van der Waals surface area contributed by atoms with E-state index in [1.165, 1.54) is 0 Å². The predicted molar refractivity (Wildman–Crippen MR) is 83.1 cm³/mol. The molecule has 0 fully saturated rings. The SMILES string of the molecule is CCCCOCCCNC(=O)Nc1ccc(CC#N)cc1. The van der Waals surface area contributed by atoms with Gasteiger partial charge in [0, 0.05) is 25.4 Å². The van der Waals surface area contributed by atoms with Gasteiger partial charge in [-0.25, -0.2) is 4.79 Å². The molecule has 0 saturated heterocycles. The molecule has 114 valence electrons. The summed E-state index contributed by atoms with van der Waals surface area (Å²) >= 11 is 0. The first-order valence-electron chi connectivity index (χ1n) is 7.34. The molecule has 0 aliphatic rings. The molecule has 2 amide bonds. The molecule has 1 aromatic carbocycles. The first kappa shape index (κ1) is 17.0. The molecule has 5 heteroatoms. The van der Waals surface area contributed by atoms with Crippen molar-refractivity contribution < 1.29 is 9.53 Å². The lowest BCUT2D eigenvalue weighted by atomic mass is 10.1. The Balaban J connectivity index is 2.14. The molecule has 0 aromatic heterocycles. The average molecular weight is 289 g/mol. The number of unbranched alkanes of at least 4 members (excludes halogenated alkanes) is 1. The molecule has 0 aliphatic carbocycles. The van der Waals surface area contributed by atoms with Crippen LogP contribution in [0.15, 0.2) is 24.3 Å². The Hall–Kier alpha value is -2.06. The monoisotopic (exact) mass is 289 g/mol. The van der Waals surface area contributed by atoms with Crippen LogP contribution in [0.2, 0.25) is 0 Å². The number of hydrogen-bond donors (Lipinski definition) is 2. The second-order valence-electron chi connectivity index (χ2n) is 4.73. The molecule has 0 radical (unpaired) electrons. The van der Waals surface area contributed by atoms with Crippen LogP contribution in [-0.2, 0) is 11.2 Å². The molecule has 5 nitrogen and oxygen atoms in total. The van der Waals surface area contributed by atoms with Crippen LogP contribution in [0.4, 0.5) is 10.5 Å². The van der Waals surface area contributed by atoms with E-state index < -0.39 is 0 Å². The molecule has 2 N–H and O–H groups in total. The van der Waals surface area contributed by atoms with Crippen molar-refractivity contribution in [3.8, 4) is 6.07 Å². The van der Waals surface area contributed by atoms with Crippen LogP contribution in [-0.4, -0.2) is 25.8 Å². The van der Waals surface area contributed by atoms with Crippen molar-refractivity contribution in [2.45, 2.75) is 32.6 Å². The third-order valence-electron chi connectivity index (χ3n) is 2.89. The summed E-state index contributed by atoms with van der Waals surface area (Å²) in [5.74, 6) is 0. The number of hydrogen-bond acceptors (Lipinski definition) is 3. The molecule has 0 heterocycles. The van der Waals surface area contributed by atoms with E-state index in [9.17, 15) is 4.79 Å². The maximum Gasteiger partial charge on any atom is 0.319 e. The molecule has 0 saturated carbocycles. The molecule has 1 aromatic rings. The topological polar surface area (TPSA) is 74.2 Å². The van der Waals surface area contributed by atoms with E-state index >= 15 is 0 Å². The number of carbonyl (C=O) groups excluding carboxylic acids is 1. The molecular formula is C16H23N3O2. The highest BCUT2D eigenvalue weighted by Gasteiger charge is 2.01. The zero-order valence-corrected chi connectivity index (χ0v) is 12.5. The van der Waals surface area contributed by atoms with E-state index in [2.05, 4.69) is 23.6 Å². The highest BCUT2D eigenvalue weighted by Crippen LogP contribution is 2.09. The van der Waals surface area contributed by atoms with Crippen molar-refractivity contribution >= 4 is 11.7 Å². The van der Waals surface area contributed by atoms with Gasteiger partial charge in [0.15, 0.2) is 0 Å². The van der Waals surface area contributed by atoms with Crippen LogP contribution in [0.25, 0.3) is 0 Å². The van der Waals surface area contributed by atoms with E-state index in [-0.39, 0.29) is 6.03 Å². The largest absolute Gasteiger partial charge is 0.381 e. The molecule has 0 spiro atoms. The molecule has 0 atom stereocenters. The van der Waals surface area contributed by atoms with Crippen molar-refractivity contribution in [3.05, 3.63) is 29.8 Å². The summed E-state index contributed by atoms with van der Waals surface area (Å²) in [4.78, 5) is 11.6. The zero-order chi connectivity index (χ0) is 15.3. The number of nitrogens with zero attached hydrogens (tertiary/aromatic N) is 1. The Kier molecular flexibility index (Phi) is 8.65. The predicted octanol–water partition coefficient (Wildman–Crippen LogP) is 3.08. The summed E-state index contributed by atoms with van der Waals surface area (Å²) < 4.78 is 5.41. The average Bonchev–Trinajstić information content (AvgIpc) is 2.49. The van der Waals surface area contributed by atoms with Crippen molar-refractivity contribution in [2.75, 3.05) is 25.1 Å². The van der Waals surface area contributed by atoms with E-state index in [4.69, 9.17) is 10.00 Å². The molecular weight excluding hydrogens is 266 g/mol. The Morgan fingerprint density at radius 1 is 1.24 bits per heavy atom. The number of carbonyl (C=O) groups is 1. The van der Waals surface area contributed by atoms with Crippen LogP contribution < -0.4 is 10.6 Å². The van der Waals surface area contributed by atoms with E-state index in [1.54, 1.807) is 12.1 Å². The summed E-state index contributed by atoms with van der Waals surface area (Å²) in [6.45, 7) is 4.17. The summed E-state index contributed by atoms with van der Waals surface area (Å²) in [7, 11) is 0. The van der Waals surface area contributed by atoms with Gasteiger partial charge < -0.3 is 15.4 Å². The summed E-state index contributed by atoms with van der Waals surface area (Å²) in [5.41, 5.74) is 1.65. The second kappa shape index (κ2) is 10.7. The van der Waals surface area contributed by atoms with Crippen LogP contribution in [0, 0.1) is 11.3 Å². The van der Waals surface area contributed by atoms with Crippen LogP contribution in [0.5, 0.6) is 0 Å². The minimum absolute atomic E-state index is 0.225. The van der Waals surface area contributed by atoms with Gasteiger partial charge in [0.2, 0.25) is 0 Å². The fourth-order valence-electron chi connectivity index (χ4n) is 1.70. The van der Waals surface area contributed by atoms with Gasteiger partial charge in [-0.15, -0.1) is 0 Å². The van der Waals surface area contributed by atoms with E-state index in [0.29, 0.717) is 25.3 Å². The fourth-order valence-corrected chi connectivity index (χ4v) is 1.70. The molecule has 0 bridgehead atoms. The zero-order valence-electron chi connectivity index (χ0n) is 12.5. The second-order valence-corrected chi connectivity index (χ2v) is 4.73. The minimum atomic E-state index is -0.225. The number of amides is 2. The van der Waals surface area contributed by atoms with Crippen LogP contribution in [0.3, 0.4) is 0 Å². The number of urea groups is 1. The number of nitriles is 1. The van der Waals surface area contributed by atoms with Crippen molar-refractivity contribution in [1.29, 1.82) is 5.26 Å². The number of anilines is 1. The van der Waals surface area contributed by atoms with Crippen molar-refractivity contribution in [2.24, 2.45) is 0 Å². The van der Waals surface area contributed by atoms with E-state index in [0.717, 1.165) is 31.4 Å². The number of ether oxygens (including phenoxy) is 1. The van der Waals surface area contributed by atoms with Crippen molar-refractivity contribution in [1.82, 2.24) is 5.32 Å². The lowest BCUT2D eigenvalue weighted by Crippen LogP contribution is -2.30. The Morgan fingerprint density at radius 3 is 2.62 bits per heavy atom. The fraction of sp³-hybridized carbons (Fsp3) is 0.500. The molecule has 21 heavy (non-hydrogen) atoms. The first-order chi connectivity index (χ1) is 10.3. The smallest absolute Gasteiger partial charge is 0.319 e. The molecule has 0 aliphatic heterocycles. The third kappa shape index (κ3) is 7.95. The highest BCUT2D eigenvalue weighted by molar-refractivity contribution is 5.89. The number of rotatable bonds is 9. The summed E-state index contributed by atoms with van der Waals surface area (Å²) in [6.07, 6.45) is 3.40. The number of nitrogens with one attached hydrogen (secondary N) is 2. The standard InChI is InChI=1S/C16H23N3O2/c1-2-3-12-21-13-4-11-18-16(20)19-15-7-5-14(6-8-15)9-10-17/h5-8H,2-4,9,11-13H2,1H3,(H2,18,19,20). The van der Waals surface area contributed by atoms with Crippen LogP contribution in [0.1, 0.15) is 31.7 Å². The summed E-state index contributed by atoms with van der Waals surface area (Å²) in [5, 5.41) is 14.1. The maximum absolute atomic E-state index is 11.6. The highest BCUT2D eigenvalue weighted by atomic mass is 16.5. The van der Waals surface area contributed by atoms with Gasteiger partial charge in [0.05, 0.1) is 12.5 Å². The lowest BCUT2D eigenvalue weighted by Gasteiger charge is -2.08. The first-order valence-corrected chi connectivity index (χ1v) is 7.34. The summed E-state index contributed by atoms with van der Waals surface area (Å²) in [6, 6.07) is 9.11. The van der Waals surface area contributed by atoms with Gasteiger partial charge in [-0.05, 0) is 30.5 Å². The van der Waals surface area contributed by atoms with Gasteiger partial charge in [0.1, 0.15) is 0 Å². The van der Waals surface area contributed by atoms with E-state index in [1.807, 2.05) is 12.1 Å². The van der Waals surface area contributed by atoms with Gasteiger partial charge in [-0.2, -0.15) is 5.26 Å². The van der Waals surface area contributed by atoms with Crippen molar-refractivity contribution in [3.63, 3.8) is 0 Å². The lowest BCUT2D eigenvalue weighted by molar-refractivity contribution is 0.129. The Bertz CT molecular complexity index is 452. The number of benzene rings is 1. The maximum atomic E-state index is 11.6. The third-order valence-corrected chi connectivity index (χ3v) is 2.89.